The maximum Gasteiger partial charge on any atom is 0.197 e. The van der Waals surface area contributed by atoms with Crippen molar-refractivity contribution >= 4 is 5.78 Å². The van der Waals surface area contributed by atoms with Crippen molar-refractivity contribution < 1.29 is 23.4 Å². The minimum Gasteiger partial charge on any atom is -0.497 e. The fraction of sp³-hybridized carbons (Fsp3) is 0.435. The van der Waals surface area contributed by atoms with E-state index in [2.05, 4.69) is 0 Å². The summed E-state index contributed by atoms with van der Waals surface area (Å²) >= 11 is 0. The summed E-state index contributed by atoms with van der Waals surface area (Å²) in [5.74, 6) is 0.0583. The second-order valence-corrected chi connectivity index (χ2v) is 7.65. The van der Waals surface area contributed by atoms with Gasteiger partial charge >= 0.3 is 0 Å². The predicted molar refractivity (Wildman–Crippen MR) is 108 cm³/mol. The van der Waals surface area contributed by atoms with Crippen LogP contribution in [0.4, 0.5) is 8.78 Å². The summed E-state index contributed by atoms with van der Waals surface area (Å²) in [6.45, 7) is 0.639. The molecule has 156 valence electrons. The Morgan fingerprint density at radius 2 is 1.72 bits per heavy atom. The van der Waals surface area contributed by atoms with Gasteiger partial charge in [-0.1, -0.05) is 42.5 Å². The Hall–Kier alpha value is -2.31. The Kier molecular flexibility index (Phi) is 6.98. The van der Waals surface area contributed by atoms with Crippen molar-refractivity contribution in [3.63, 3.8) is 0 Å². The zero-order valence-corrected chi connectivity index (χ0v) is 16.6. The molecule has 2 aromatic carbocycles. The van der Waals surface area contributed by atoms with Crippen molar-refractivity contribution in [2.45, 2.75) is 43.8 Å². The molecule has 2 aromatic rings. The number of benzene rings is 2. The van der Waals surface area contributed by atoms with Crippen molar-refractivity contribution in [3.8, 4) is 5.75 Å². The standard InChI is InChI=1S/C23H27F2NO3/c1-29-19-9-7-17(8-10-19)16-23(28)11-13-26(14-12-23)21(25)15-20(24)22(27)18-5-3-2-4-6-18/h2-10,20-21,28H,11-16H2,1H3. The van der Waals surface area contributed by atoms with Gasteiger partial charge in [0.05, 0.1) is 12.7 Å². The first-order valence-corrected chi connectivity index (χ1v) is 9.87. The highest BCUT2D eigenvalue weighted by Crippen LogP contribution is 2.29. The van der Waals surface area contributed by atoms with Gasteiger partial charge in [-0.25, -0.2) is 8.78 Å². The van der Waals surface area contributed by atoms with Crippen molar-refractivity contribution in [1.82, 2.24) is 4.90 Å². The highest BCUT2D eigenvalue weighted by atomic mass is 19.1. The average molecular weight is 403 g/mol. The number of aliphatic hydroxyl groups is 1. The highest BCUT2D eigenvalue weighted by molar-refractivity contribution is 5.99. The number of Topliss-reactive ketones (excluding diaryl/α,β-unsaturated/α-hetero) is 1. The van der Waals surface area contributed by atoms with Gasteiger partial charge < -0.3 is 9.84 Å². The molecule has 0 aromatic heterocycles. The zero-order chi connectivity index (χ0) is 20.9. The molecule has 2 atom stereocenters. The van der Waals surface area contributed by atoms with Gasteiger partial charge in [0, 0.05) is 31.5 Å². The van der Waals surface area contributed by atoms with E-state index < -0.39 is 30.3 Å². The smallest absolute Gasteiger partial charge is 0.197 e. The summed E-state index contributed by atoms with van der Waals surface area (Å²) in [5.41, 5.74) is 0.315. The Morgan fingerprint density at radius 1 is 1.10 bits per heavy atom. The predicted octanol–water partition coefficient (Wildman–Crippen LogP) is 3.97. The van der Waals surface area contributed by atoms with Gasteiger partial charge in [0.25, 0.3) is 0 Å². The van der Waals surface area contributed by atoms with Crippen LogP contribution in [0.3, 0.4) is 0 Å². The Morgan fingerprint density at radius 3 is 2.31 bits per heavy atom. The van der Waals surface area contributed by atoms with Crippen LogP contribution in [0.5, 0.6) is 5.75 Å². The molecular formula is C23H27F2NO3. The van der Waals surface area contributed by atoms with E-state index in [1.54, 1.807) is 25.3 Å². The van der Waals surface area contributed by atoms with E-state index in [9.17, 15) is 18.7 Å². The lowest BCUT2D eigenvalue weighted by Crippen LogP contribution is -2.48. The number of halogens is 2. The number of methoxy groups -OCH3 is 1. The molecule has 0 bridgehead atoms. The van der Waals surface area contributed by atoms with E-state index in [-0.39, 0.29) is 5.56 Å². The summed E-state index contributed by atoms with van der Waals surface area (Å²) in [4.78, 5) is 13.6. The number of alkyl halides is 2. The second-order valence-electron chi connectivity index (χ2n) is 7.65. The van der Waals surface area contributed by atoms with Crippen molar-refractivity contribution in [2.24, 2.45) is 0 Å². The van der Waals surface area contributed by atoms with Gasteiger partial charge in [-0.2, -0.15) is 0 Å². The number of likely N-dealkylation sites (tertiary alicyclic amines) is 1. The molecule has 4 nitrogen and oxygen atoms in total. The molecule has 1 aliphatic heterocycles. The molecule has 3 rings (SSSR count). The number of ketones is 1. The molecule has 29 heavy (non-hydrogen) atoms. The SMILES string of the molecule is COc1ccc(CC2(O)CCN(C(F)CC(F)C(=O)c3ccccc3)CC2)cc1. The lowest BCUT2D eigenvalue weighted by Gasteiger charge is -2.39. The first-order valence-electron chi connectivity index (χ1n) is 9.87. The van der Waals surface area contributed by atoms with E-state index in [1.807, 2.05) is 24.3 Å². The summed E-state index contributed by atoms with van der Waals surface area (Å²) in [5, 5.41) is 10.9. The Balaban J connectivity index is 1.50. The molecule has 0 amide bonds. The molecule has 1 heterocycles. The molecular weight excluding hydrogens is 376 g/mol. The summed E-state index contributed by atoms with van der Waals surface area (Å²) < 4.78 is 34.1. The van der Waals surface area contributed by atoms with Gasteiger partial charge in [0.1, 0.15) is 5.75 Å². The Labute approximate surface area is 170 Å². The largest absolute Gasteiger partial charge is 0.497 e. The number of carbonyl (C=O) groups is 1. The molecule has 1 fully saturated rings. The number of hydrogen-bond acceptors (Lipinski definition) is 4. The minimum absolute atomic E-state index is 0.250. The van der Waals surface area contributed by atoms with Crippen LogP contribution in [0.1, 0.15) is 35.2 Å². The summed E-state index contributed by atoms with van der Waals surface area (Å²) in [6.07, 6.45) is -2.67. The number of carbonyl (C=O) groups excluding carboxylic acids is 1. The number of rotatable bonds is 8. The number of nitrogens with zero attached hydrogens (tertiary/aromatic N) is 1. The molecule has 0 saturated carbocycles. The number of hydrogen-bond donors (Lipinski definition) is 1. The van der Waals surface area contributed by atoms with Crippen LogP contribution >= 0.6 is 0 Å². The van der Waals surface area contributed by atoms with E-state index in [4.69, 9.17) is 4.74 Å². The van der Waals surface area contributed by atoms with Gasteiger partial charge in [-0.15, -0.1) is 0 Å². The quantitative estimate of drug-likeness (QED) is 0.535. The monoisotopic (exact) mass is 403 g/mol. The van der Waals surface area contributed by atoms with E-state index >= 15 is 0 Å². The van der Waals surface area contributed by atoms with Gasteiger partial charge in [-0.05, 0) is 30.5 Å². The average Bonchev–Trinajstić information content (AvgIpc) is 2.74. The van der Waals surface area contributed by atoms with Crippen molar-refractivity contribution in [3.05, 3.63) is 65.7 Å². The van der Waals surface area contributed by atoms with Crippen LogP contribution in [-0.2, 0) is 6.42 Å². The number of ether oxygens (including phenoxy) is 1. The van der Waals surface area contributed by atoms with Gasteiger partial charge in [0.15, 0.2) is 18.3 Å². The Bertz CT molecular complexity index is 790. The number of piperidine rings is 1. The summed E-state index contributed by atoms with van der Waals surface area (Å²) in [6, 6.07) is 15.6. The van der Waals surface area contributed by atoms with Crippen LogP contribution in [0.25, 0.3) is 0 Å². The third-order valence-electron chi connectivity index (χ3n) is 5.56. The molecule has 1 N–H and O–H groups in total. The molecule has 0 radical (unpaired) electrons. The van der Waals surface area contributed by atoms with Gasteiger partial charge in [-0.3, -0.25) is 9.69 Å². The summed E-state index contributed by atoms with van der Waals surface area (Å²) in [7, 11) is 1.60. The normalized spacial score (nSPS) is 18.8. The first kappa shape index (κ1) is 21.4. The minimum atomic E-state index is -1.88. The lowest BCUT2D eigenvalue weighted by molar-refractivity contribution is -0.0541. The molecule has 1 aliphatic rings. The maximum absolute atomic E-state index is 14.6. The van der Waals surface area contributed by atoms with Crippen LogP contribution in [0.2, 0.25) is 0 Å². The fourth-order valence-corrected chi connectivity index (χ4v) is 3.73. The van der Waals surface area contributed by atoms with E-state index in [0.29, 0.717) is 32.4 Å². The first-order chi connectivity index (χ1) is 13.9. The lowest BCUT2D eigenvalue weighted by atomic mass is 9.85. The molecule has 1 saturated heterocycles. The zero-order valence-electron chi connectivity index (χ0n) is 16.6. The second kappa shape index (κ2) is 9.46. The fourth-order valence-electron chi connectivity index (χ4n) is 3.73. The van der Waals surface area contributed by atoms with E-state index in [0.717, 1.165) is 11.3 Å². The third kappa shape index (κ3) is 5.61. The molecule has 6 heteroatoms. The van der Waals surface area contributed by atoms with Crippen molar-refractivity contribution in [2.75, 3.05) is 20.2 Å². The van der Waals surface area contributed by atoms with Crippen LogP contribution in [0.15, 0.2) is 54.6 Å². The maximum atomic E-state index is 14.6. The topological polar surface area (TPSA) is 49.8 Å². The molecule has 0 aliphatic carbocycles. The van der Waals surface area contributed by atoms with Crippen LogP contribution < -0.4 is 4.74 Å². The van der Waals surface area contributed by atoms with Crippen LogP contribution in [0, 0.1) is 0 Å². The van der Waals surface area contributed by atoms with E-state index in [1.165, 1.54) is 17.0 Å². The highest BCUT2D eigenvalue weighted by Gasteiger charge is 2.36. The third-order valence-corrected chi connectivity index (χ3v) is 5.56. The van der Waals surface area contributed by atoms with Crippen LogP contribution in [-0.4, -0.2) is 54.1 Å². The molecule has 0 spiro atoms. The van der Waals surface area contributed by atoms with Crippen molar-refractivity contribution in [1.29, 1.82) is 0 Å². The van der Waals surface area contributed by atoms with Gasteiger partial charge in [0.2, 0.25) is 0 Å². The molecule has 2 unspecified atom stereocenters.